The minimum atomic E-state index is -0.358. The van der Waals surface area contributed by atoms with Gasteiger partial charge in [0.25, 0.3) is 11.8 Å². The average Bonchev–Trinajstić information content (AvgIpc) is 3.42. The highest BCUT2D eigenvalue weighted by atomic mass is 32.1. The van der Waals surface area contributed by atoms with Crippen molar-refractivity contribution in [1.82, 2.24) is 10.6 Å². The summed E-state index contributed by atoms with van der Waals surface area (Å²) in [6.07, 6.45) is 4.14. The number of rotatable bonds is 8. The zero-order valence-corrected chi connectivity index (χ0v) is 21.8. The van der Waals surface area contributed by atoms with Crippen LogP contribution in [0.4, 0.5) is 5.69 Å². The highest BCUT2D eigenvalue weighted by Gasteiger charge is 2.19. The molecule has 188 valence electrons. The third-order valence-corrected chi connectivity index (χ3v) is 7.38. The Labute approximate surface area is 217 Å². The van der Waals surface area contributed by atoms with Gasteiger partial charge in [-0.25, -0.2) is 0 Å². The lowest BCUT2D eigenvalue weighted by molar-refractivity contribution is -0.118. The van der Waals surface area contributed by atoms with Crippen molar-refractivity contribution in [2.45, 2.75) is 32.7 Å². The number of piperidine rings is 1. The zero-order chi connectivity index (χ0) is 25.5. The molecule has 0 saturated carbocycles. The van der Waals surface area contributed by atoms with E-state index in [0.29, 0.717) is 11.3 Å². The molecular weight excluding hydrogens is 470 g/mol. The first-order chi connectivity index (χ1) is 17.4. The molecule has 4 rings (SSSR count). The highest BCUT2D eigenvalue weighted by molar-refractivity contribution is 7.10. The number of hydrogen-bond acceptors (Lipinski definition) is 5. The van der Waals surface area contributed by atoms with Crippen LogP contribution in [0.1, 0.15) is 53.5 Å². The summed E-state index contributed by atoms with van der Waals surface area (Å²) in [6, 6.07) is 18.7. The van der Waals surface area contributed by atoms with Gasteiger partial charge in [0.15, 0.2) is 0 Å². The Morgan fingerprint density at radius 2 is 1.75 bits per heavy atom. The van der Waals surface area contributed by atoms with Crippen LogP contribution in [0, 0.1) is 5.92 Å². The Kier molecular flexibility index (Phi) is 8.44. The third kappa shape index (κ3) is 6.55. The van der Waals surface area contributed by atoms with Crippen LogP contribution in [0.3, 0.4) is 0 Å². The van der Waals surface area contributed by atoms with Gasteiger partial charge >= 0.3 is 0 Å². The minimum absolute atomic E-state index is 0.198. The van der Waals surface area contributed by atoms with E-state index in [2.05, 4.69) is 46.7 Å². The number of thiophene rings is 1. The molecule has 2 amide bonds. The van der Waals surface area contributed by atoms with E-state index in [1.54, 1.807) is 37.5 Å². The van der Waals surface area contributed by atoms with Crippen molar-refractivity contribution in [3.8, 4) is 5.75 Å². The number of methoxy groups -OCH3 is 1. The lowest BCUT2D eigenvalue weighted by atomic mass is 9.98. The molecule has 2 heterocycles. The molecule has 1 aromatic heterocycles. The molecule has 1 aliphatic heterocycles. The van der Waals surface area contributed by atoms with Crippen LogP contribution in [0.5, 0.6) is 5.75 Å². The molecule has 0 spiro atoms. The van der Waals surface area contributed by atoms with Gasteiger partial charge in [0.05, 0.1) is 13.2 Å². The van der Waals surface area contributed by atoms with Crippen molar-refractivity contribution in [2.24, 2.45) is 5.92 Å². The first kappa shape index (κ1) is 25.5. The van der Waals surface area contributed by atoms with Crippen molar-refractivity contribution in [1.29, 1.82) is 0 Å². The SMILES string of the molecule is COc1ccc(C(=O)N/C(=C\c2cccs2)C(=O)N[C@@H](C)c2ccc(N3CCC(C)CC3)cc2)cc1. The lowest BCUT2D eigenvalue weighted by Gasteiger charge is -2.32. The number of nitrogens with one attached hydrogen (secondary N) is 2. The molecule has 6 nitrogen and oxygen atoms in total. The molecule has 36 heavy (non-hydrogen) atoms. The number of ether oxygens (including phenoxy) is 1. The summed E-state index contributed by atoms with van der Waals surface area (Å²) >= 11 is 1.50. The maximum absolute atomic E-state index is 13.2. The molecule has 1 atom stereocenters. The Morgan fingerprint density at radius 3 is 2.36 bits per heavy atom. The molecule has 2 aromatic carbocycles. The molecule has 0 radical (unpaired) electrons. The number of nitrogens with zero attached hydrogens (tertiary/aromatic N) is 1. The third-order valence-electron chi connectivity index (χ3n) is 6.56. The van der Waals surface area contributed by atoms with E-state index in [9.17, 15) is 9.59 Å². The van der Waals surface area contributed by atoms with Gasteiger partial charge in [-0.3, -0.25) is 9.59 Å². The Morgan fingerprint density at radius 1 is 1.06 bits per heavy atom. The fourth-order valence-corrected chi connectivity index (χ4v) is 4.87. The molecule has 2 N–H and O–H groups in total. The fourth-order valence-electron chi connectivity index (χ4n) is 4.21. The predicted molar refractivity (Wildman–Crippen MR) is 146 cm³/mol. The van der Waals surface area contributed by atoms with Gasteiger partial charge in [0, 0.05) is 29.2 Å². The monoisotopic (exact) mass is 503 g/mol. The molecule has 0 unspecified atom stereocenters. The Bertz CT molecular complexity index is 1180. The van der Waals surface area contributed by atoms with Crippen molar-refractivity contribution in [2.75, 3.05) is 25.1 Å². The second kappa shape index (κ2) is 11.9. The van der Waals surface area contributed by atoms with Crippen LogP contribution in [-0.4, -0.2) is 32.0 Å². The normalized spacial score (nSPS) is 15.3. The predicted octanol–water partition coefficient (Wildman–Crippen LogP) is 5.64. The van der Waals surface area contributed by atoms with Crippen molar-refractivity contribution in [3.05, 3.63) is 87.7 Å². The number of benzene rings is 2. The van der Waals surface area contributed by atoms with Gasteiger partial charge in [0.2, 0.25) is 0 Å². The first-order valence-electron chi connectivity index (χ1n) is 12.3. The van der Waals surface area contributed by atoms with Gasteiger partial charge in [0.1, 0.15) is 11.4 Å². The van der Waals surface area contributed by atoms with Crippen molar-refractivity contribution < 1.29 is 14.3 Å². The molecule has 1 fully saturated rings. The summed E-state index contributed by atoms with van der Waals surface area (Å²) in [6.45, 7) is 6.42. The first-order valence-corrected chi connectivity index (χ1v) is 13.2. The van der Waals surface area contributed by atoms with Crippen LogP contribution >= 0.6 is 11.3 Å². The summed E-state index contributed by atoms with van der Waals surface area (Å²) in [5, 5.41) is 7.76. The molecule has 0 bridgehead atoms. The Hall–Kier alpha value is -3.58. The van der Waals surface area contributed by atoms with Gasteiger partial charge in [-0.2, -0.15) is 0 Å². The largest absolute Gasteiger partial charge is 0.497 e. The molecule has 3 aromatic rings. The van der Waals surface area contributed by atoms with E-state index in [1.165, 1.54) is 29.9 Å². The highest BCUT2D eigenvalue weighted by Crippen LogP contribution is 2.25. The lowest BCUT2D eigenvalue weighted by Crippen LogP contribution is -2.36. The number of carbonyl (C=O) groups is 2. The van der Waals surface area contributed by atoms with Crippen LogP contribution in [0.15, 0.2) is 71.7 Å². The molecule has 7 heteroatoms. The smallest absolute Gasteiger partial charge is 0.268 e. The van der Waals surface area contributed by atoms with Crippen LogP contribution in [0.2, 0.25) is 0 Å². The molecular formula is C29H33N3O3S. The van der Waals surface area contributed by atoms with E-state index >= 15 is 0 Å². The quantitative estimate of drug-likeness (QED) is 0.390. The average molecular weight is 504 g/mol. The number of hydrogen-bond donors (Lipinski definition) is 2. The van der Waals surface area contributed by atoms with Gasteiger partial charge in [-0.05, 0) is 85.2 Å². The van der Waals surface area contributed by atoms with E-state index < -0.39 is 0 Å². The molecule has 0 aliphatic carbocycles. The van der Waals surface area contributed by atoms with Crippen molar-refractivity contribution in [3.63, 3.8) is 0 Å². The van der Waals surface area contributed by atoms with Crippen molar-refractivity contribution >= 4 is 34.9 Å². The summed E-state index contributed by atoms with van der Waals surface area (Å²) < 4.78 is 5.16. The number of carbonyl (C=O) groups excluding carboxylic acids is 2. The maximum Gasteiger partial charge on any atom is 0.268 e. The minimum Gasteiger partial charge on any atom is -0.497 e. The molecule has 1 aliphatic rings. The van der Waals surface area contributed by atoms with Crippen LogP contribution in [-0.2, 0) is 4.79 Å². The van der Waals surface area contributed by atoms with Gasteiger partial charge in [-0.1, -0.05) is 25.1 Å². The van der Waals surface area contributed by atoms with Gasteiger partial charge in [-0.15, -0.1) is 11.3 Å². The van der Waals surface area contributed by atoms with E-state index in [0.717, 1.165) is 29.4 Å². The van der Waals surface area contributed by atoms with Crippen LogP contribution in [0.25, 0.3) is 6.08 Å². The second-order valence-corrected chi connectivity index (χ2v) is 10.2. The maximum atomic E-state index is 13.2. The van der Waals surface area contributed by atoms with E-state index in [-0.39, 0.29) is 23.6 Å². The zero-order valence-electron chi connectivity index (χ0n) is 21.0. The topological polar surface area (TPSA) is 70.7 Å². The van der Waals surface area contributed by atoms with E-state index in [1.807, 2.05) is 24.4 Å². The molecule has 1 saturated heterocycles. The van der Waals surface area contributed by atoms with Gasteiger partial charge < -0.3 is 20.3 Å². The second-order valence-electron chi connectivity index (χ2n) is 9.21. The standard InChI is InChI=1S/C29H33N3O3S/c1-20-14-16-32(17-15-20)24-10-6-22(7-11-24)21(2)30-29(34)27(19-26-5-4-18-36-26)31-28(33)23-8-12-25(35-3)13-9-23/h4-13,18-21H,14-17H2,1-3H3,(H,30,34)(H,31,33)/b27-19-/t21-/m0/s1. The van der Waals surface area contributed by atoms with E-state index in [4.69, 9.17) is 4.74 Å². The Balaban J connectivity index is 1.44. The summed E-state index contributed by atoms with van der Waals surface area (Å²) in [5.41, 5.74) is 2.87. The fraction of sp³-hybridized carbons (Fsp3) is 0.310. The number of anilines is 1. The van der Waals surface area contributed by atoms with Crippen LogP contribution < -0.4 is 20.3 Å². The summed E-state index contributed by atoms with van der Waals surface area (Å²) in [4.78, 5) is 29.4. The summed E-state index contributed by atoms with van der Waals surface area (Å²) in [7, 11) is 1.57. The summed E-state index contributed by atoms with van der Waals surface area (Å²) in [5.74, 6) is 0.751. The number of amides is 2.